The molecule has 102 valence electrons. The van der Waals surface area contributed by atoms with Crippen molar-refractivity contribution in [2.24, 2.45) is 0 Å². The number of nitrogens with zero attached hydrogens (tertiary/aromatic N) is 2. The Kier molecular flexibility index (Phi) is 4.08. The van der Waals surface area contributed by atoms with E-state index in [1.54, 1.807) is 6.07 Å². The SMILES string of the molecule is FC(F)(F)c1cc(Br)ccc1NCCc1ncno1. The first-order chi connectivity index (χ1) is 8.97. The lowest BCUT2D eigenvalue weighted by atomic mass is 10.1. The Hall–Kier alpha value is -1.57. The summed E-state index contributed by atoms with van der Waals surface area (Å²) in [5, 5.41) is 6.13. The van der Waals surface area contributed by atoms with Crippen molar-refractivity contribution in [3.63, 3.8) is 0 Å². The van der Waals surface area contributed by atoms with Crippen LogP contribution in [-0.4, -0.2) is 16.7 Å². The number of halogens is 4. The second-order valence-electron chi connectivity index (χ2n) is 3.70. The summed E-state index contributed by atoms with van der Waals surface area (Å²) in [7, 11) is 0. The predicted octanol–water partition coefficient (Wildman–Crippen LogP) is 3.51. The molecule has 0 amide bonds. The monoisotopic (exact) mass is 335 g/mol. The van der Waals surface area contributed by atoms with Gasteiger partial charge in [-0.1, -0.05) is 21.1 Å². The molecule has 0 atom stereocenters. The molecule has 2 aromatic rings. The third-order valence-corrected chi connectivity index (χ3v) is 2.84. The van der Waals surface area contributed by atoms with Crippen LogP contribution in [0.1, 0.15) is 11.5 Å². The van der Waals surface area contributed by atoms with Crippen molar-refractivity contribution in [2.45, 2.75) is 12.6 Å². The first kappa shape index (κ1) is 13.9. The van der Waals surface area contributed by atoms with E-state index in [1.807, 2.05) is 0 Å². The molecule has 1 aromatic carbocycles. The molecule has 0 unspecified atom stereocenters. The van der Waals surface area contributed by atoms with Crippen LogP contribution < -0.4 is 5.32 Å². The highest BCUT2D eigenvalue weighted by Crippen LogP contribution is 2.36. The quantitative estimate of drug-likeness (QED) is 0.928. The number of aromatic nitrogens is 2. The van der Waals surface area contributed by atoms with Crippen molar-refractivity contribution in [3.8, 4) is 0 Å². The molecule has 0 saturated heterocycles. The highest BCUT2D eigenvalue weighted by atomic mass is 79.9. The van der Waals surface area contributed by atoms with Gasteiger partial charge in [0.2, 0.25) is 5.89 Å². The van der Waals surface area contributed by atoms with E-state index in [0.717, 1.165) is 6.07 Å². The van der Waals surface area contributed by atoms with Crippen LogP contribution in [0.2, 0.25) is 0 Å². The average molecular weight is 336 g/mol. The van der Waals surface area contributed by atoms with Gasteiger partial charge in [-0.05, 0) is 18.2 Å². The Labute approximate surface area is 115 Å². The Bertz CT molecular complexity index is 543. The minimum absolute atomic E-state index is 0.0233. The Morgan fingerprint density at radius 2 is 2.11 bits per heavy atom. The third-order valence-electron chi connectivity index (χ3n) is 2.35. The van der Waals surface area contributed by atoms with Crippen molar-refractivity contribution < 1.29 is 17.7 Å². The standard InChI is InChI=1S/C11H9BrF3N3O/c12-7-1-2-9(8(5-7)11(13,14)15)16-4-3-10-17-6-18-19-10/h1-2,5-6,16H,3-4H2. The van der Waals surface area contributed by atoms with E-state index in [2.05, 4.69) is 31.4 Å². The summed E-state index contributed by atoms with van der Waals surface area (Å²) >= 11 is 3.03. The van der Waals surface area contributed by atoms with E-state index >= 15 is 0 Å². The maximum absolute atomic E-state index is 12.8. The normalized spacial score (nSPS) is 11.6. The zero-order valence-electron chi connectivity index (χ0n) is 9.54. The molecule has 8 heteroatoms. The van der Waals surface area contributed by atoms with Crippen LogP contribution in [0.25, 0.3) is 0 Å². The summed E-state index contributed by atoms with van der Waals surface area (Å²) in [5.74, 6) is 0.373. The highest BCUT2D eigenvalue weighted by molar-refractivity contribution is 9.10. The van der Waals surface area contributed by atoms with Crippen molar-refractivity contribution in [3.05, 3.63) is 40.5 Å². The molecule has 0 aliphatic heterocycles. The van der Waals surface area contributed by atoms with Crippen LogP contribution in [0.3, 0.4) is 0 Å². The van der Waals surface area contributed by atoms with E-state index in [1.165, 1.54) is 12.4 Å². The van der Waals surface area contributed by atoms with Gasteiger partial charge in [0.15, 0.2) is 6.33 Å². The second kappa shape index (κ2) is 5.60. The number of rotatable bonds is 4. The minimum atomic E-state index is -4.41. The molecule has 0 fully saturated rings. The van der Waals surface area contributed by atoms with E-state index in [0.29, 0.717) is 16.8 Å². The van der Waals surface area contributed by atoms with Crippen LogP contribution >= 0.6 is 15.9 Å². The zero-order valence-corrected chi connectivity index (χ0v) is 11.1. The summed E-state index contributed by atoms with van der Waals surface area (Å²) in [6, 6.07) is 3.96. The molecule has 0 spiro atoms. The van der Waals surface area contributed by atoms with E-state index in [9.17, 15) is 13.2 Å². The number of anilines is 1. The van der Waals surface area contributed by atoms with E-state index in [-0.39, 0.29) is 12.2 Å². The maximum atomic E-state index is 12.8. The Balaban J connectivity index is 2.07. The van der Waals surface area contributed by atoms with Crippen LogP contribution in [-0.2, 0) is 12.6 Å². The summed E-state index contributed by atoms with van der Waals surface area (Å²) in [6.45, 7) is 0.271. The molecule has 0 aliphatic carbocycles. The lowest BCUT2D eigenvalue weighted by Gasteiger charge is -2.14. The van der Waals surface area contributed by atoms with Gasteiger partial charge in [0, 0.05) is 23.1 Å². The fourth-order valence-corrected chi connectivity index (χ4v) is 1.88. The first-order valence-corrected chi connectivity index (χ1v) is 6.12. The van der Waals surface area contributed by atoms with Crippen LogP contribution in [0.4, 0.5) is 18.9 Å². The molecule has 1 N–H and O–H groups in total. The number of benzene rings is 1. The second-order valence-corrected chi connectivity index (χ2v) is 4.62. The fraction of sp³-hybridized carbons (Fsp3) is 0.273. The molecule has 4 nitrogen and oxygen atoms in total. The number of alkyl halides is 3. The first-order valence-electron chi connectivity index (χ1n) is 5.33. The summed E-state index contributed by atoms with van der Waals surface area (Å²) < 4.78 is 43.6. The maximum Gasteiger partial charge on any atom is 0.418 e. The summed E-state index contributed by atoms with van der Waals surface area (Å²) in [5.41, 5.74) is -0.692. The Morgan fingerprint density at radius 1 is 1.32 bits per heavy atom. The van der Waals surface area contributed by atoms with Gasteiger partial charge in [0.25, 0.3) is 0 Å². The van der Waals surface area contributed by atoms with E-state index < -0.39 is 11.7 Å². The Morgan fingerprint density at radius 3 is 2.74 bits per heavy atom. The fourth-order valence-electron chi connectivity index (χ4n) is 1.52. The van der Waals surface area contributed by atoms with Crippen LogP contribution in [0.15, 0.2) is 33.5 Å². The molecule has 0 saturated carbocycles. The topological polar surface area (TPSA) is 51.0 Å². The minimum Gasteiger partial charge on any atom is -0.384 e. The highest BCUT2D eigenvalue weighted by Gasteiger charge is 2.33. The van der Waals surface area contributed by atoms with Gasteiger partial charge in [-0.25, -0.2) is 0 Å². The molecular formula is C11H9BrF3N3O. The summed E-state index contributed by atoms with van der Waals surface area (Å²) in [4.78, 5) is 3.79. The number of hydrogen-bond donors (Lipinski definition) is 1. The van der Waals surface area contributed by atoms with Crippen LogP contribution in [0.5, 0.6) is 0 Å². The van der Waals surface area contributed by atoms with Crippen LogP contribution in [0, 0.1) is 0 Å². The average Bonchev–Trinajstić information content (AvgIpc) is 2.83. The lowest BCUT2D eigenvalue weighted by Crippen LogP contribution is -2.12. The van der Waals surface area contributed by atoms with Gasteiger partial charge >= 0.3 is 6.18 Å². The molecule has 0 aliphatic rings. The van der Waals surface area contributed by atoms with Crippen molar-refractivity contribution in [1.82, 2.24) is 10.1 Å². The molecular weight excluding hydrogens is 327 g/mol. The lowest BCUT2D eigenvalue weighted by molar-refractivity contribution is -0.137. The zero-order chi connectivity index (χ0) is 13.9. The van der Waals surface area contributed by atoms with Crippen molar-refractivity contribution >= 4 is 21.6 Å². The summed E-state index contributed by atoms with van der Waals surface area (Å²) in [6.07, 6.45) is -2.81. The number of nitrogens with one attached hydrogen (secondary N) is 1. The van der Waals surface area contributed by atoms with Crippen molar-refractivity contribution in [2.75, 3.05) is 11.9 Å². The third kappa shape index (κ3) is 3.69. The molecule has 1 heterocycles. The van der Waals surface area contributed by atoms with Gasteiger partial charge in [-0.3, -0.25) is 0 Å². The molecule has 1 aromatic heterocycles. The smallest absolute Gasteiger partial charge is 0.384 e. The van der Waals surface area contributed by atoms with Gasteiger partial charge in [-0.15, -0.1) is 0 Å². The molecule has 2 rings (SSSR count). The van der Waals surface area contributed by atoms with Crippen molar-refractivity contribution in [1.29, 1.82) is 0 Å². The molecule has 0 bridgehead atoms. The predicted molar refractivity (Wildman–Crippen MR) is 65.6 cm³/mol. The van der Waals surface area contributed by atoms with E-state index in [4.69, 9.17) is 4.52 Å². The van der Waals surface area contributed by atoms with Gasteiger partial charge in [0.1, 0.15) is 0 Å². The number of hydrogen-bond acceptors (Lipinski definition) is 4. The largest absolute Gasteiger partial charge is 0.418 e. The molecule has 19 heavy (non-hydrogen) atoms. The molecule has 0 radical (unpaired) electrons. The van der Waals surface area contributed by atoms with Gasteiger partial charge < -0.3 is 9.84 Å². The van der Waals surface area contributed by atoms with Gasteiger partial charge in [-0.2, -0.15) is 18.2 Å². The van der Waals surface area contributed by atoms with Gasteiger partial charge in [0.05, 0.1) is 5.56 Å².